The molecule has 21 heavy (non-hydrogen) atoms. The van der Waals surface area contributed by atoms with Gasteiger partial charge in [-0.05, 0) is 13.8 Å². The number of thiazole rings is 1. The molecule has 0 bridgehead atoms. The van der Waals surface area contributed by atoms with Crippen molar-refractivity contribution in [2.24, 2.45) is 0 Å². The van der Waals surface area contributed by atoms with Gasteiger partial charge in [-0.15, -0.1) is 11.3 Å². The monoisotopic (exact) mass is 333 g/mol. The van der Waals surface area contributed by atoms with Crippen LogP contribution in [0.15, 0.2) is 0 Å². The van der Waals surface area contributed by atoms with Crippen LogP contribution in [0.4, 0.5) is 5.13 Å². The number of fused-ring (bicyclic) bond motifs is 1. The normalized spacial score (nSPS) is 15.7. The molecule has 1 aliphatic heterocycles. The van der Waals surface area contributed by atoms with Gasteiger partial charge in [0.1, 0.15) is 6.61 Å². The molecular weight excluding hydrogens is 314 g/mol. The molecule has 0 spiro atoms. The summed E-state index contributed by atoms with van der Waals surface area (Å²) >= 11 is 1.32. The Hall–Kier alpha value is -1.03. The highest BCUT2D eigenvalue weighted by Crippen LogP contribution is 2.29. The summed E-state index contributed by atoms with van der Waals surface area (Å²) < 4.78 is 30.3. The molecule has 2 heterocycles. The lowest BCUT2D eigenvalue weighted by molar-refractivity contribution is -0.120. The minimum Gasteiger partial charge on any atom is -0.372 e. The molecule has 0 saturated heterocycles. The zero-order chi connectivity index (χ0) is 15.5. The number of anilines is 1. The van der Waals surface area contributed by atoms with Crippen LogP contribution in [0, 0.1) is 0 Å². The molecule has 118 valence electrons. The van der Waals surface area contributed by atoms with Gasteiger partial charge >= 0.3 is 0 Å². The highest BCUT2D eigenvalue weighted by molar-refractivity contribution is 7.89. The van der Waals surface area contributed by atoms with E-state index in [1.807, 2.05) is 6.92 Å². The number of carbonyl (C=O) groups is 1. The van der Waals surface area contributed by atoms with Crippen molar-refractivity contribution in [2.45, 2.75) is 26.8 Å². The van der Waals surface area contributed by atoms with Gasteiger partial charge in [0.15, 0.2) is 5.13 Å². The molecule has 1 aliphatic rings. The predicted octanol–water partition coefficient (Wildman–Crippen LogP) is 0.826. The van der Waals surface area contributed by atoms with Crippen molar-refractivity contribution in [2.75, 3.05) is 30.8 Å². The highest BCUT2D eigenvalue weighted by Gasteiger charge is 2.28. The molecule has 0 atom stereocenters. The van der Waals surface area contributed by atoms with Crippen LogP contribution in [0.25, 0.3) is 0 Å². The first-order chi connectivity index (χ1) is 9.96. The molecule has 1 aromatic rings. The summed E-state index contributed by atoms with van der Waals surface area (Å²) in [6.07, 6.45) is 0.576. The Morgan fingerprint density at radius 2 is 2.24 bits per heavy atom. The number of ether oxygens (including phenoxy) is 1. The van der Waals surface area contributed by atoms with Gasteiger partial charge in [0, 0.05) is 31.0 Å². The number of nitrogens with one attached hydrogen (secondary N) is 1. The van der Waals surface area contributed by atoms with E-state index in [-0.39, 0.29) is 18.3 Å². The fraction of sp³-hybridized carbons (Fsp3) is 0.667. The lowest BCUT2D eigenvalue weighted by Crippen LogP contribution is -2.36. The summed E-state index contributed by atoms with van der Waals surface area (Å²) in [5.74, 6) is -0.153. The summed E-state index contributed by atoms with van der Waals surface area (Å²) in [5.41, 5.74) is 0.870. The van der Waals surface area contributed by atoms with Crippen LogP contribution in [-0.2, 0) is 32.5 Å². The van der Waals surface area contributed by atoms with Crippen LogP contribution < -0.4 is 5.32 Å². The van der Waals surface area contributed by atoms with Crippen LogP contribution in [0.3, 0.4) is 0 Å². The molecular formula is C12H19N3O4S2. The van der Waals surface area contributed by atoms with Crippen LogP contribution in [-0.4, -0.2) is 49.1 Å². The molecule has 2 rings (SSSR count). The Kier molecular flexibility index (Phi) is 5.31. The third-order valence-corrected chi connectivity index (χ3v) is 5.96. The predicted molar refractivity (Wildman–Crippen MR) is 80.8 cm³/mol. The molecule has 1 amide bonds. The number of nitrogens with zero attached hydrogens (tertiary/aromatic N) is 2. The van der Waals surface area contributed by atoms with E-state index in [0.29, 0.717) is 31.2 Å². The molecule has 0 fully saturated rings. The average Bonchev–Trinajstić information content (AvgIpc) is 2.86. The minimum atomic E-state index is -3.18. The molecule has 0 aromatic carbocycles. The molecule has 0 saturated carbocycles. The van der Waals surface area contributed by atoms with E-state index < -0.39 is 10.0 Å². The van der Waals surface area contributed by atoms with E-state index in [9.17, 15) is 13.2 Å². The van der Waals surface area contributed by atoms with Crippen LogP contribution >= 0.6 is 11.3 Å². The third kappa shape index (κ3) is 4.00. The topological polar surface area (TPSA) is 88.6 Å². The van der Waals surface area contributed by atoms with Crippen molar-refractivity contribution >= 4 is 32.4 Å². The Labute approximate surface area is 128 Å². The van der Waals surface area contributed by atoms with Crippen molar-refractivity contribution in [3.8, 4) is 0 Å². The van der Waals surface area contributed by atoms with Gasteiger partial charge in [-0.3, -0.25) is 10.1 Å². The highest BCUT2D eigenvalue weighted by atomic mass is 32.2. The van der Waals surface area contributed by atoms with Gasteiger partial charge in [-0.2, -0.15) is 4.31 Å². The fourth-order valence-electron chi connectivity index (χ4n) is 2.00. The number of sulfonamides is 1. The van der Waals surface area contributed by atoms with Gasteiger partial charge in [-0.1, -0.05) is 0 Å². The largest absolute Gasteiger partial charge is 0.372 e. The second kappa shape index (κ2) is 6.82. The lowest BCUT2D eigenvalue weighted by atomic mass is 10.2. The number of amides is 1. The Balaban J connectivity index is 2.04. The zero-order valence-corrected chi connectivity index (χ0v) is 13.7. The first kappa shape index (κ1) is 16.3. The molecule has 0 unspecified atom stereocenters. The second-order valence-electron chi connectivity index (χ2n) is 4.56. The van der Waals surface area contributed by atoms with E-state index in [0.717, 1.165) is 10.6 Å². The fourth-order valence-corrected chi connectivity index (χ4v) is 4.18. The molecule has 9 heteroatoms. The second-order valence-corrected chi connectivity index (χ2v) is 7.90. The quantitative estimate of drug-likeness (QED) is 0.833. The number of rotatable bonds is 6. The van der Waals surface area contributed by atoms with Crippen molar-refractivity contribution in [1.82, 2.24) is 9.29 Å². The Morgan fingerprint density at radius 3 is 2.90 bits per heavy atom. The minimum absolute atomic E-state index is 0.00289. The number of aromatic nitrogens is 1. The van der Waals surface area contributed by atoms with Crippen molar-refractivity contribution in [3.63, 3.8) is 0 Å². The van der Waals surface area contributed by atoms with Gasteiger partial charge in [-0.25, -0.2) is 13.4 Å². The van der Waals surface area contributed by atoms with E-state index in [4.69, 9.17) is 4.74 Å². The first-order valence-electron chi connectivity index (χ1n) is 6.80. The van der Waals surface area contributed by atoms with Gasteiger partial charge in [0.05, 0.1) is 11.4 Å². The molecule has 0 radical (unpaired) electrons. The molecule has 7 nitrogen and oxygen atoms in total. The Morgan fingerprint density at radius 1 is 1.48 bits per heavy atom. The van der Waals surface area contributed by atoms with Crippen LogP contribution in [0.5, 0.6) is 0 Å². The zero-order valence-electron chi connectivity index (χ0n) is 12.1. The van der Waals surface area contributed by atoms with Crippen LogP contribution in [0.2, 0.25) is 0 Å². The summed E-state index contributed by atoms with van der Waals surface area (Å²) in [6, 6.07) is 0. The van der Waals surface area contributed by atoms with Gasteiger partial charge < -0.3 is 4.74 Å². The van der Waals surface area contributed by atoms with Crippen molar-refractivity contribution in [3.05, 3.63) is 10.6 Å². The molecule has 0 aliphatic carbocycles. The molecule has 1 N–H and O–H groups in total. The maximum Gasteiger partial charge on any atom is 0.252 e. The summed E-state index contributed by atoms with van der Waals surface area (Å²) in [4.78, 5) is 16.8. The summed E-state index contributed by atoms with van der Waals surface area (Å²) in [5, 5.41) is 3.18. The molecule has 1 aromatic heterocycles. The smallest absolute Gasteiger partial charge is 0.252 e. The number of hydrogen-bond donors (Lipinski definition) is 1. The Bertz CT molecular complexity index is 612. The SMILES string of the molecule is CCOCC(=O)Nc1nc2c(s1)CN(S(=O)(=O)CC)CC2. The van der Waals surface area contributed by atoms with Crippen molar-refractivity contribution in [1.29, 1.82) is 0 Å². The lowest BCUT2D eigenvalue weighted by Gasteiger charge is -2.24. The van der Waals surface area contributed by atoms with E-state index >= 15 is 0 Å². The maximum atomic E-state index is 11.9. The summed E-state index contributed by atoms with van der Waals surface area (Å²) in [6.45, 7) is 4.71. The van der Waals surface area contributed by atoms with Crippen LogP contribution in [0.1, 0.15) is 24.4 Å². The summed E-state index contributed by atoms with van der Waals surface area (Å²) in [7, 11) is -3.18. The van der Waals surface area contributed by atoms with Gasteiger partial charge in [0.2, 0.25) is 10.0 Å². The number of carbonyl (C=O) groups excluding carboxylic acids is 1. The number of hydrogen-bond acceptors (Lipinski definition) is 6. The average molecular weight is 333 g/mol. The van der Waals surface area contributed by atoms with Gasteiger partial charge in [0.25, 0.3) is 5.91 Å². The van der Waals surface area contributed by atoms with E-state index in [1.165, 1.54) is 15.6 Å². The van der Waals surface area contributed by atoms with E-state index in [2.05, 4.69) is 10.3 Å². The standard InChI is InChI=1S/C12H19N3O4S2/c1-3-19-8-11(16)14-12-13-9-5-6-15(7-10(9)20-12)21(17,18)4-2/h3-8H2,1-2H3,(H,13,14,16). The van der Waals surface area contributed by atoms with E-state index in [1.54, 1.807) is 6.92 Å². The first-order valence-corrected chi connectivity index (χ1v) is 9.22. The maximum absolute atomic E-state index is 11.9. The van der Waals surface area contributed by atoms with Crippen molar-refractivity contribution < 1.29 is 17.9 Å². The third-order valence-electron chi connectivity index (χ3n) is 3.14.